The van der Waals surface area contributed by atoms with Crippen LogP contribution in [0.1, 0.15) is 218 Å². The molecule has 10 amide bonds. The fourth-order valence-corrected chi connectivity index (χ4v) is 13.6. The van der Waals surface area contributed by atoms with Crippen LogP contribution in [0.4, 0.5) is 58.8 Å². The van der Waals surface area contributed by atoms with E-state index in [0.717, 1.165) is 33.4 Å². The van der Waals surface area contributed by atoms with E-state index in [1.165, 1.54) is 7.11 Å². The number of amides is 10. The summed E-state index contributed by atoms with van der Waals surface area (Å²) < 4.78 is 10.2. The van der Waals surface area contributed by atoms with Crippen LogP contribution in [0.5, 0.6) is 11.5 Å². The van der Waals surface area contributed by atoms with Gasteiger partial charge in [0, 0.05) is 114 Å². The van der Waals surface area contributed by atoms with E-state index in [1.807, 2.05) is 100 Å². The van der Waals surface area contributed by atoms with Crippen molar-refractivity contribution in [3.8, 4) is 11.5 Å². The summed E-state index contributed by atoms with van der Waals surface area (Å²) >= 11 is 0. The lowest BCUT2D eigenvalue weighted by atomic mass is 9.86. The average molecular weight is 1950 g/mol. The van der Waals surface area contributed by atoms with Crippen LogP contribution in [0.25, 0.3) is 0 Å². The lowest BCUT2D eigenvalue weighted by molar-refractivity contribution is 0.101. The smallest absolute Gasteiger partial charge is 0.258 e. The SMILES string of the molecule is COc1ccc(C(=O)Nc2nc(C)cc(NC(=O)c3ccc(CO)cc3)n2)cc1.COc1cccc(C(=O)Nc2nc(C)cc(NC(=O)c3cccc(CO)c3)n2)c1.Cc1cc(NC(=O)c2ccc(C(C)(C)C)cc2)nc(NC(=O)c2ccc(C(C)(C)C)cc2)n1.Cc1cc(NC(=O)c2ccccc2C)nc(NC(=O)c2ccccc2C)n1.Cc1ccc(C(=O)Nc2cc(C)nc(NC(=O)c3ccc(C)cc3)n2)cc1. The first-order valence-electron chi connectivity index (χ1n) is 45.7. The van der Waals surface area contributed by atoms with Crippen LogP contribution in [-0.4, -0.2) is 133 Å². The van der Waals surface area contributed by atoms with Crippen LogP contribution in [0.3, 0.4) is 0 Å². The molecule has 0 spiro atoms. The minimum absolute atomic E-state index is 0.00876. The topological polar surface area (TPSA) is 479 Å². The van der Waals surface area contributed by atoms with Gasteiger partial charge in [-0.15, -0.1) is 0 Å². The average Bonchev–Trinajstić information content (AvgIpc) is 0.834. The fourth-order valence-electron chi connectivity index (χ4n) is 13.6. The van der Waals surface area contributed by atoms with Crippen molar-refractivity contribution >= 4 is 118 Å². The molecule has 0 aliphatic carbocycles. The predicted molar refractivity (Wildman–Crippen MR) is 559 cm³/mol. The van der Waals surface area contributed by atoms with Crippen molar-refractivity contribution < 1.29 is 67.6 Å². The van der Waals surface area contributed by atoms with Crippen LogP contribution in [-0.2, 0) is 24.0 Å². The zero-order valence-electron chi connectivity index (χ0n) is 83.2. The lowest BCUT2D eigenvalue weighted by Gasteiger charge is -2.19. The highest BCUT2D eigenvalue weighted by molar-refractivity contribution is 6.10. The second-order valence-corrected chi connectivity index (χ2v) is 35.3. The first kappa shape index (κ1) is 107. The van der Waals surface area contributed by atoms with Crippen LogP contribution >= 0.6 is 0 Å². The van der Waals surface area contributed by atoms with Gasteiger partial charge in [0.15, 0.2) is 0 Å². The molecule has 15 rings (SSSR count). The Balaban J connectivity index is 0.000000173. The Morgan fingerprint density at radius 1 is 0.241 bits per heavy atom. The van der Waals surface area contributed by atoms with E-state index < -0.39 is 5.91 Å². The van der Waals surface area contributed by atoms with E-state index >= 15 is 0 Å². The zero-order valence-corrected chi connectivity index (χ0v) is 83.2. The number of anilines is 10. The Labute approximate surface area is 839 Å². The molecule has 15 aromatic rings. The number of methoxy groups -OCH3 is 2. The van der Waals surface area contributed by atoms with Gasteiger partial charge in [0.25, 0.3) is 59.1 Å². The predicted octanol–water partition coefficient (Wildman–Crippen LogP) is 19.3. The van der Waals surface area contributed by atoms with Crippen LogP contribution in [0, 0.1) is 62.3 Å². The second kappa shape index (κ2) is 50.1. The van der Waals surface area contributed by atoms with Gasteiger partial charge in [0.1, 0.15) is 40.6 Å². The highest BCUT2D eigenvalue weighted by Crippen LogP contribution is 2.28. The van der Waals surface area contributed by atoms with E-state index in [1.54, 1.807) is 242 Å². The third-order valence-electron chi connectivity index (χ3n) is 21.5. The second-order valence-electron chi connectivity index (χ2n) is 35.3. The summed E-state index contributed by atoms with van der Waals surface area (Å²) in [5.74, 6) is 0.00505. The molecular formula is C111H112N20O14. The van der Waals surface area contributed by atoms with Gasteiger partial charge >= 0.3 is 0 Å². The molecular weight excluding hydrogens is 1840 g/mol. The number of carbonyl (C=O) groups excluding carboxylic acids is 10. The first-order valence-corrected chi connectivity index (χ1v) is 45.7. The molecule has 0 unspecified atom stereocenters. The fraction of sp³-hybridized carbons (Fsp3) is 0.189. The number of hydrogen-bond acceptors (Lipinski definition) is 24. The molecule has 145 heavy (non-hydrogen) atoms. The van der Waals surface area contributed by atoms with Gasteiger partial charge in [-0.2, -0.15) is 24.9 Å². The van der Waals surface area contributed by atoms with Gasteiger partial charge in [0.2, 0.25) is 29.7 Å². The Kier molecular flexibility index (Phi) is 37.1. The summed E-state index contributed by atoms with van der Waals surface area (Å²) in [4.78, 5) is 167. The van der Waals surface area contributed by atoms with E-state index in [2.05, 4.69) is 145 Å². The molecule has 0 aliphatic heterocycles. The van der Waals surface area contributed by atoms with Gasteiger partial charge in [-0.05, 0) is 234 Å². The molecule has 0 saturated carbocycles. The molecule has 34 nitrogen and oxygen atoms in total. The van der Waals surface area contributed by atoms with Gasteiger partial charge in [-0.25, -0.2) is 24.9 Å². The molecule has 0 bridgehead atoms. The summed E-state index contributed by atoms with van der Waals surface area (Å²) in [6.07, 6.45) is 0. The van der Waals surface area contributed by atoms with Crippen LogP contribution < -0.4 is 62.6 Å². The number of benzene rings is 10. The van der Waals surface area contributed by atoms with E-state index in [4.69, 9.17) is 14.6 Å². The zero-order chi connectivity index (χ0) is 105. The summed E-state index contributed by atoms with van der Waals surface area (Å²) in [6.45, 7) is 28.9. The molecule has 0 atom stereocenters. The maximum Gasteiger partial charge on any atom is 0.258 e. The van der Waals surface area contributed by atoms with Gasteiger partial charge in [0.05, 0.1) is 27.4 Å². The van der Waals surface area contributed by atoms with Crippen molar-refractivity contribution in [3.05, 3.63) is 402 Å². The molecule has 34 heteroatoms. The van der Waals surface area contributed by atoms with Gasteiger partial charge < -0.3 is 46.3 Å². The number of nitrogens with one attached hydrogen (secondary N) is 10. The number of aliphatic hydroxyl groups excluding tert-OH is 2. The number of aryl methyl sites for hydroxylation is 9. The quantitative estimate of drug-likeness (QED) is 0.0267. The summed E-state index contributed by atoms with van der Waals surface area (Å²) in [5.41, 5.74) is 15.4. The number of nitrogens with zero attached hydrogens (tertiary/aromatic N) is 10. The molecule has 0 saturated heterocycles. The number of rotatable bonds is 24. The van der Waals surface area contributed by atoms with Crippen molar-refractivity contribution in [1.29, 1.82) is 0 Å². The van der Waals surface area contributed by atoms with Crippen LogP contribution in [0.15, 0.2) is 273 Å². The van der Waals surface area contributed by atoms with Gasteiger partial charge in [-0.1, -0.05) is 168 Å². The highest BCUT2D eigenvalue weighted by atomic mass is 16.5. The lowest BCUT2D eigenvalue weighted by Crippen LogP contribution is -2.18. The van der Waals surface area contributed by atoms with Gasteiger partial charge in [-0.3, -0.25) is 74.5 Å². The van der Waals surface area contributed by atoms with Crippen molar-refractivity contribution in [1.82, 2.24) is 49.8 Å². The number of aliphatic hydroxyl groups is 2. The molecule has 5 heterocycles. The molecule has 10 aromatic carbocycles. The van der Waals surface area contributed by atoms with E-state index in [0.29, 0.717) is 124 Å². The van der Waals surface area contributed by atoms with Crippen LogP contribution in [0.2, 0.25) is 0 Å². The summed E-state index contributed by atoms with van der Waals surface area (Å²) in [5, 5.41) is 45.3. The highest BCUT2D eigenvalue weighted by Gasteiger charge is 2.23. The minimum Gasteiger partial charge on any atom is -0.497 e. The standard InChI is InChI=1S/C27H32N4O2.2C21H20N4O4.2C21H20N4O2/c1-17-16-22(29-23(32)18-8-12-20(13-9-18)26(2,3)4)30-25(28-17)31-24(33)19-10-14-21(15-11-19)27(5,6)7;1-13-11-18(23-19(27)15-5-3-14(12-26)4-6-15)24-21(22-13)25-20(28)16-7-9-17(29-2)10-8-16;1-13-9-18(23-19(27)15-6-3-5-14(10-15)12-26)24-21(22-13)25-20(28)16-7-4-8-17(11-16)29-2;1-13-4-8-16(9-5-13)19(26)23-18-12-15(3)22-21(24-18)25-20(27)17-10-6-14(2)7-11-17;1-13-8-4-6-10-16(13)19(26)23-18-12-15(3)22-21(24-18)25-20(27)17-11-7-5-9-14(17)2/h8-16H,1-7H3,(H2,28,29,30,31,32,33);2*3-11,26H,12H2,1-2H3,(H2,22,23,24,25,27,28);2*4-12H,1-3H3,(H2,22,23,24,25,26,27). The van der Waals surface area contributed by atoms with Crippen molar-refractivity contribution in [2.24, 2.45) is 0 Å². The molecule has 0 radical (unpaired) electrons. The molecule has 0 fully saturated rings. The van der Waals surface area contributed by atoms with Crippen molar-refractivity contribution in [3.63, 3.8) is 0 Å². The van der Waals surface area contributed by atoms with E-state index in [9.17, 15) is 53.1 Å². The minimum atomic E-state index is -0.401. The number of ether oxygens (including phenoxy) is 2. The maximum absolute atomic E-state index is 12.7. The Bertz CT molecular complexity index is 6800. The van der Waals surface area contributed by atoms with Crippen molar-refractivity contribution in [2.45, 2.75) is 128 Å². The first-order chi connectivity index (χ1) is 69.1. The van der Waals surface area contributed by atoms with Crippen molar-refractivity contribution in [2.75, 3.05) is 67.4 Å². The maximum atomic E-state index is 12.7. The summed E-state index contributed by atoms with van der Waals surface area (Å²) in [6, 6.07) is 78.6. The number of hydrogen-bond donors (Lipinski definition) is 12. The monoisotopic (exact) mass is 1950 g/mol. The Morgan fingerprint density at radius 3 is 0.807 bits per heavy atom. The normalized spacial score (nSPS) is 10.6. The molecule has 0 aliphatic rings. The third-order valence-corrected chi connectivity index (χ3v) is 21.5. The largest absolute Gasteiger partial charge is 0.497 e. The molecule has 740 valence electrons. The number of carbonyl (C=O) groups is 10. The molecule has 5 aromatic heterocycles. The number of aromatic nitrogens is 10. The Hall–Kier alpha value is -18.2. The van der Waals surface area contributed by atoms with E-state index in [-0.39, 0.29) is 119 Å². The Morgan fingerprint density at radius 2 is 0.497 bits per heavy atom. The molecule has 12 N–H and O–H groups in total. The third kappa shape index (κ3) is 32.4. The summed E-state index contributed by atoms with van der Waals surface area (Å²) in [7, 11) is 3.07.